The summed E-state index contributed by atoms with van der Waals surface area (Å²) in [6, 6.07) is 50.8. The largest absolute Gasteiger partial charge is 0.246 e. The predicted octanol–water partition coefficient (Wildman–Crippen LogP) is 11.2. The fraction of sp³-hybridized carbons (Fsp3) is 0.0714. The van der Waals surface area contributed by atoms with Crippen LogP contribution in [-0.4, -0.2) is 4.98 Å². The zero-order chi connectivity index (χ0) is 28.7. The molecule has 0 N–H and O–H groups in total. The molecule has 0 saturated carbocycles. The normalized spacial score (nSPS) is 13.5. The molecule has 0 fully saturated rings. The van der Waals surface area contributed by atoms with E-state index in [9.17, 15) is 0 Å². The van der Waals surface area contributed by atoms with E-state index in [-0.39, 0.29) is 5.41 Å². The lowest BCUT2D eigenvalue weighted by molar-refractivity contribution is 0.660. The zero-order valence-electron chi connectivity index (χ0n) is 24.2. The number of nitrogens with zero attached hydrogens (tertiary/aromatic N) is 1. The van der Waals surface area contributed by atoms with Crippen molar-refractivity contribution in [1.29, 1.82) is 0 Å². The number of pyridine rings is 1. The number of rotatable bonds is 3. The first-order chi connectivity index (χ1) is 21.1. The molecular weight excluding hydrogens is 518 g/mol. The molecule has 9 rings (SSSR count). The second-order valence-corrected chi connectivity index (χ2v) is 12.3. The van der Waals surface area contributed by atoms with Crippen LogP contribution in [0, 0.1) is 0 Å². The molecule has 6 aromatic carbocycles. The minimum atomic E-state index is -0.0876. The third-order valence-electron chi connectivity index (χ3n) is 9.61. The summed E-state index contributed by atoms with van der Waals surface area (Å²) in [5.74, 6) is 0. The van der Waals surface area contributed by atoms with Crippen molar-refractivity contribution in [1.82, 2.24) is 4.98 Å². The molecule has 0 amide bonds. The molecule has 7 aromatic rings. The maximum absolute atomic E-state index is 5.65. The lowest BCUT2D eigenvalue weighted by Gasteiger charge is -2.23. The van der Waals surface area contributed by atoms with Gasteiger partial charge in [0, 0.05) is 33.2 Å². The van der Waals surface area contributed by atoms with Gasteiger partial charge in [-0.2, -0.15) is 0 Å². The van der Waals surface area contributed by atoms with Crippen LogP contribution >= 0.6 is 0 Å². The molecule has 0 aliphatic heterocycles. The standard InChI is InChI=1S/C42H29N/c1-42(2)34-22-10-9-19-30(34)31-24-23-29(25-35(31)42)41-37(27-13-5-3-6-14-27)38-32-20-11-17-26-18-12-21-33(36(26)32)39(38)40(43-41)28-15-7-4-8-16-28/h3-25H,1-2H3. The molecule has 2 aliphatic rings. The van der Waals surface area contributed by atoms with Crippen molar-refractivity contribution in [3.05, 3.63) is 151 Å². The van der Waals surface area contributed by atoms with Crippen LogP contribution in [0.2, 0.25) is 0 Å². The summed E-state index contributed by atoms with van der Waals surface area (Å²) < 4.78 is 0. The van der Waals surface area contributed by atoms with E-state index in [0.717, 1.165) is 22.5 Å². The highest BCUT2D eigenvalue weighted by Crippen LogP contribution is 2.57. The molecule has 0 spiro atoms. The molecule has 202 valence electrons. The molecule has 1 nitrogen and oxygen atoms in total. The van der Waals surface area contributed by atoms with Crippen LogP contribution in [0.15, 0.2) is 140 Å². The van der Waals surface area contributed by atoms with Gasteiger partial charge in [0.25, 0.3) is 0 Å². The van der Waals surface area contributed by atoms with E-state index < -0.39 is 0 Å². The topological polar surface area (TPSA) is 12.9 Å². The Hall–Kier alpha value is -5.27. The molecule has 1 aromatic heterocycles. The minimum Gasteiger partial charge on any atom is -0.246 e. The number of benzene rings is 6. The zero-order valence-corrected chi connectivity index (χ0v) is 24.2. The Morgan fingerprint density at radius 1 is 0.419 bits per heavy atom. The molecule has 0 atom stereocenters. The van der Waals surface area contributed by atoms with Gasteiger partial charge in [0.2, 0.25) is 0 Å². The van der Waals surface area contributed by atoms with Crippen molar-refractivity contribution < 1.29 is 0 Å². The molecular formula is C42H29N. The Kier molecular flexibility index (Phi) is 5.02. The molecule has 0 bridgehead atoms. The van der Waals surface area contributed by atoms with E-state index >= 15 is 0 Å². The van der Waals surface area contributed by atoms with Crippen LogP contribution < -0.4 is 0 Å². The number of hydrogen-bond acceptors (Lipinski definition) is 1. The van der Waals surface area contributed by atoms with E-state index in [0.29, 0.717) is 0 Å². The highest BCUT2D eigenvalue weighted by atomic mass is 14.7. The first-order valence-corrected chi connectivity index (χ1v) is 15.1. The summed E-state index contributed by atoms with van der Waals surface area (Å²) in [6.45, 7) is 4.70. The van der Waals surface area contributed by atoms with Crippen molar-refractivity contribution in [2.75, 3.05) is 0 Å². The number of fused-ring (bicyclic) bond motifs is 6. The Balaban J connectivity index is 1.42. The van der Waals surface area contributed by atoms with E-state index in [1.54, 1.807) is 0 Å². The smallest absolute Gasteiger partial charge is 0.0794 e. The van der Waals surface area contributed by atoms with E-state index in [2.05, 4.69) is 153 Å². The molecule has 0 saturated heterocycles. The van der Waals surface area contributed by atoms with Gasteiger partial charge >= 0.3 is 0 Å². The van der Waals surface area contributed by atoms with E-state index in [1.807, 2.05) is 0 Å². The van der Waals surface area contributed by atoms with Crippen molar-refractivity contribution >= 4 is 10.8 Å². The first kappa shape index (κ1) is 24.3. The Labute approximate surface area is 252 Å². The van der Waals surface area contributed by atoms with Crippen LogP contribution in [0.25, 0.3) is 77.8 Å². The fourth-order valence-corrected chi connectivity index (χ4v) is 7.63. The van der Waals surface area contributed by atoms with Gasteiger partial charge in [-0.1, -0.05) is 147 Å². The maximum atomic E-state index is 5.65. The molecule has 0 radical (unpaired) electrons. The molecule has 2 aliphatic carbocycles. The van der Waals surface area contributed by atoms with Crippen LogP contribution in [-0.2, 0) is 5.41 Å². The molecule has 43 heavy (non-hydrogen) atoms. The average molecular weight is 548 g/mol. The molecule has 1 heterocycles. The second kappa shape index (κ2) is 8.86. The molecule has 1 heteroatoms. The third kappa shape index (κ3) is 3.37. The Morgan fingerprint density at radius 3 is 1.74 bits per heavy atom. The van der Waals surface area contributed by atoms with Gasteiger partial charge in [0.05, 0.1) is 11.4 Å². The summed E-state index contributed by atoms with van der Waals surface area (Å²) in [5.41, 5.74) is 17.1. The van der Waals surface area contributed by atoms with Crippen LogP contribution in [0.4, 0.5) is 0 Å². The summed E-state index contributed by atoms with van der Waals surface area (Å²) in [7, 11) is 0. The van der Waals surface area contributed by atoms with Crippen molar-refractivity contribution in [3.8, 4) is 67.0 Å². The van der Waals surface area contributed by atoms with Crippen molar-refractivity contribution in [2.24, 2.45) is 0 Å². The highest BCUT2D eigenvalue weighted by Gasteiger charge is 2.36. The lowest BCUT2D eigenvalue weighted by Crippen LogP contribution is -2.15. The van der Waals surface area contributed by atoms with Gasteiger partial charge in [-0.3, -0.25) is 0 Å². The SMILES string of the molecule is CC1(C)c2ccccc2-c2ccc(-c3nc(-c4ccccc4)c4c(c3-c3ccccc3)-c3cccc5cccc-4c35)cc21. The summed E-state index contributed by atoms with van der Waals surface area (Å²) in [5, 5.41) is 2.58. The quantitative estimate of drug-likeness (QED) is 0.214. The van der Waals surface area contributed by atoms with Crippen LogP contribution in [0.1, 0.15) is 25.0 Å². The number of aromatic nitrogens is 1. The number of hydrogen-bond donors (Lipinski definition) is 0. The van der Waals surface area contributed by atoms with Gasteiger partial charge in [-0.25, -0.2) is 4.98 Å². The monoisotopic (exact) mass is 547 g/mol. The average Bonchev–Trinajstić information content (AvgIpc) is 3.51. The summed E-state index contributed by atoms with van der Waals surface area (Å²) in [6.07, 6.45) is 0. The first-order valence-electron chi connectivity index (χ1n) is 15.1. The predicted molar refractivity (Wildman–Crippen MR) is 180 cm³/mol. The van der Waals surface area contributed by atoms with Crippen molar-refractivity contribution in [3.63, 3.8) is 0 Å². The summed E-state index contributed by atoms with van der Waals surface area (Å²) in [4.78, 5) is 5.65. The van der Waals surface area contributed by atoms with Crippen molar-refractivity contribution in [2.45, 2.75) is 19.3 Å². The van der Waals surface area contributed by atoms with E-state index in [4.69, 9.17) is 4.98 Å². The maximum Gasteiger partial charge on any atom is 0.0794 e. The minimum absolute atomic E-state index is 0.0876. The van der Waals surface area contributed by atoms with Gasteiger partial charge < -0.3 is 0 Å². The van der Waals surface area contributed by atoms with Gasteiger partial charge in [-0.15, -0.1) is 0 Å². The van der Waals surface area contributed by atoms with Gasteiger partial charge in [-0.05, 0) is 55.8 Å². The summed E-state index contributed by atoms with van der Waals surface area (Å²) >= 11 is 0. The Bertz CT molecular complexity index is 2240. The fourth-order valence-electron chi connectivity index (χ4n) is 7.63. The van der Waals surface area contributed by atoms with Crippen LogP contribution in [0.3, 0.4) is 0 Å². The van der Waals surface area contributed by atoms with Crippen LogP contribution in [0.5, 0.6) is 0 Å². The van der Waals surface area contributed by atoms with Gasteiger partial charge in [0.15, 0.2) is 0 Å². The lowest BCUT2D eigenvalue weighted by atomic mass is 9.81. The molecule has 0 unspecified atom stereocenters. The van der Waals surface area contributed by atoms with E-state index in [1.165, 1.54) is 66.4 Å². The third-order valence-corrected chi connectivity index (χ3v) is 9.61. The Morgan fingerprint density at radius 2 is 1.00 bits per heavy atom. The van der Waals surface area contributed by atoms with Gasteiger partial charge in [0.1, 0.15) is 0 Å². The second-order valence-electron chi connectivity index (χ2n) is 12.3. The highest BCUT2D eigenvalue weighted by molar-refractivity contribution is 6.21.